The first-order valence-electron chi connectivity index (χ1n) is 9.54. The standard InChI is InChI=1S/C21H29N3O2/c1-17(2)21-22-10-13-24(21)14-18-8-11-23(12-9-18)15-20(25)26-16-19-6-4-3-5-7-19/h3-7,10,13,17-18H,8-9,11-12,14-16H2,1-2H3. The predicted octanol–water partition coefficient (Wildman–Crippen LogP) is 3.46. The molecule has 3 rings (SSSR count). The molecule has 1 aliphatic rings. The molecule has 0 radical (unpaired) electrons. The molecule has 1 saturated heterocycles. The van der Waals surface area contributed by atoms with Crippen LogP contribution in [0, 0.1) is 5.92 Å². The van der Waals surface area contributed by atoms with Gasteiger partial charge in [0.05, 0.1) is 6.54 Å². The number of piperidine rings is 1. The van der Waals surface area contributed by atoms with Crippen molar-refractivity contribution >= 4 is 5.97 Å². The number of rotatable bonds is 7. The third-order valence-electron chi connectivity index (χ3n) is 5.02. The summed E-state index contributed by atoms with van der Waals surface area (Å²) in [5.74, 6) is 2.13. The fraction of sp³-hybridized carbons (Fsp3) is 0.524. The second-order valence-corrected chi connectivity index (χ2v) is 7.46. The Morgan fingerprint density at radius 3 is 2.65 bits per heavy atom. The molecule has 0 amide bonds. The number of likely N-dealkylation sites (tertiary alicyclic amines) is 1. The Kier molecular flexibility index (Phi) is 6.45. The summed E-state index contributed by atoms with van der Waals surface area (Å²) in [5.41, 5.74) is 1.03. The molecule has 0 saturated carbocycles. The highest BCUT2D eigenvalue weighted by Gasteiger charge is 2.22. The highest BCUT2D eigenvalue weighted by molar-refractivity contribution is 5.71. The van der Waals surface area contributed by atoms with E-state index < -0.39 is 0 Å². The lowest BCUT2D eigenvalue weighted by Gasteiger charge is -2.31. The molecule has 0 aliphatic carbocycles. The van der Waals surface area contributed by atoms with Crippen molar-refractivity contribution in [3.05, 3.63) is 54.1 Å². The zero-order chi connectivity index (χ0) is 18.4. The molecule has 1 fully saturated rings. The molecular formula is C21H29N3O2. The van der Waals surface area contributed by atoms with Crippen molar-refractivity contribution in [1.29, 1.82) is 0 Å². The Hall–Kier alpha value is -2.14. The first-order chi connectivity index (χ1) is 12.6. The molecule has 5 heteroatoms. The van der Waals surface area contributed by atoms with E-state index in [1.54, 1.807) is 0 Å². The molecule has 140 valence electrons. The largest absolute Gasteiger partial charge is 0.460 e. The maximum Gasteiger partial charge on any atom is 0.320 e. The fourth-order valence-corrected chi connectivity index (χ4v) is 3.55. The SMILES string of the molecule is CC(C)c1nccn1CC1CCN(CC(=O)OCc2ccccc2)CC1. The lowest BCUT2D eigenvalue weighted by molar-refractivity contribution is -0.146. The van der Waals surface area contributed by atoms with E-state index in [0.717, 1.165) is 43.9 Å². The van der Waals surface area contributed by atoms with E-state index in [2.05, 4.69) is 34.5 Å². The Morgan fingerprint density at radius 2 is 1.96 bits per heavy atom. The maximum atomic E-state index is 12.1. The van der Waals surface area contributed by atoms with E-state index in [0.29, 0.717) is 25.0 Å². The lowest BCUT2D eigenvalue weighted by Crippen LogP contribution is -2.38. The number of aromatic nitrogens is 2. The minimum Gasteiger partial charge on any atom is -0.460 e. The van der Waals surface area contributed by atoms with Crippen LogP contribution < -0.4 is 0 Å². The minimum absolute atomic E-state index is 0.135. The highest BCUT2D eigenvalue weighted by Crippen LogP contribution is 2.21. The van der Waals surface area contributed by atoms with Crippen molar-refractivity contribution < 1.29 is 9.53 Å². The van der Waals surface area contributed by atoms with E-state index in [9.17, 15) is 4.79 Å². The summed E-state index contributed by atoms with van der Waals surface area (Å²) in [6.45, 7) is 8.05. The first-order valence-corrected chi connectivity index (χ1v) is 9.54. The lowest BCUT2D eigenvalue weighted by atomic mass is 9.96. The molecule has 26 heavy (non-hydrogen) atoms. The third kappa shape index (κ3) is 5.18. The van der Waals surface area contributed by atoms with Gasteiger partial charge in [-0.3, -0.25) is 9.69 Å². The minimum atomic E-state index is -0.135. The van der Waals surface area contributed by atoms with Gasteiger partial charge in [-0.15, -0.1) is 0 Å². The zero-order valence-electron chi connectivity index (χ0n) is 15.8. The van der Waals surface area contributed by atoms with Crippen LogP contribution in [0.3, 0.4) is 0 Å². The topological polar surface area (TPSA) is 47.4 Å². The molecule has 2 heterocycles. The summed E-state index contributed by atoms with van der Waals surface area (Å²) in [6.07, 6.45) is 6.21. The fourth-order valence-electron chi connectivity index (χ4n) is 3.55. The van der Waals surface area contributed by atoms with Crippen LogP contribution in [-0.2, 0) is 22.7 Å². The van der Waals surface area contributed by atoms with E-state index in [1.165, 1.54) is 0 Å². The summed E-state index contributed by atoms with van der Waals surface area (Å²) in [5, 5.41) is 0. The molecular weight excluding hydrogens is 326 g/mol. The van der Waals surface area contributed by atoms with Gasteiger partial charge in [0, 0.05) is 24.9 Å². The number of ether oxygens (including phenoxy) is 1. The second-order valence-electron chi connectivity index (χ2n) is 7.46. The number of esters is 1. The number of hydrogen-bond acceptors (Lipinski definition) is 4. The highest BCUT2D eigenvalue weighted by atomic mass is 16.5. The van der Waals surface area contributed by atoms with Gasteiger partial charge in [0.1, 0.15) is 12.4 Å². The molecule has 1 aliphatic heterocycles. The molecule has 0 spiro atoms. The summed E-state index contributed by atoms with van der Waals surface area (Å²) >= 11 is 0. The average molecular weight is 355 g/mol. The van der Waals surface area contributed by atoms with E-state index >= 15 is 0 Å². The quantitative estimate of drug-likeness (QED) is 0.714. The van der Waals surface area contributed by atoms with Gasteiger partial charge < -0.3 is 9.30 Å². The Morgan fingerprint density at radius 1 is 1.23 bits per heavy atom. The third-order valence-corrected chi connectivity index (χ3v) is 5.02. The van der Waals surface area contributed by atoms with E-state index in [1.807, 2.05) is 36.5 Å². The van der Waals surface area contributed by atoms with Gasteiger partial charge in [0.2, 0.25) is 0 Å². The van der Waals surface area contributed by atoms with E-state index in [-0.39, 0.29) is 5.97 Å². The van der Waals surface area contributed by atoms with Crippen molar-refractivity contribution in [2.75, 3.05) is 19.6 Å². The molecule has 5 nitrogen and oxygen atoms in total. The molecule has 0 bridgehead atoms. The molecule has 1 aromatic heterocycles. The van der Waals surface area contributed by atoms with Gasteiger partial charge in [-0.2, -0.15) is 0 Å². The van der Waals surface area contributed by atoms with Crippen molar-refractivity contribution in [1.82, 2.24) is 14.5 Å². The number of nitrogens with zero attached hydrogens (tertiary/aromatic N) is 3. The van der Waals surface area contributed by atoms with Crippen molar-refractivity contribution in [3.63, 3.8) is 0 Å². The number of carbonyl (C=O) groups excluding carboxylic acids is 1. The van der Waals surface area contributed by atoms with Gasteiger partial charge in [-0.05, 0) is 37.4 Å². The van der Waals surface area contributed by atoms with Crippen LogP contribution >= 0.6 is 0 Å². The second kappa shape index (κ2) is 8.99. The van der Waals surface area contributed by atoms with Crippen LogP contribution in [0.2, 0.25) is 0 Å². The van der Waals surface area contributed by atoms with Crippen molar-refractivity contribution in [2.45, 2.75) is 45.8 Å². The van der Waals surface area contributed by atoms with Gasteiger partial charge >= 0.3 is 5.97 Å². The number of imidazole rings is 1. The molecule has 0 atom stereocenters. The van der Waals surface area contributed by atoms with Crippen LogP contribution in [0.5, 0.6) is 0 Å². The molecule has 0 N–H and O–H groups in total. The van der Waals surface area contributed by atoms with E-state index in [4.69, 9.17) is 4.74 Å². The average Bonchev–Trinajstić information content (AvgIpc) is 3.11. The van der Waals surface area contributed by atoms with Gasteiger partial charge in [-0.25, -0.2) is 4.98 Å². The van der Waals surface area contributed by atoms with Crippen molar-refractivity contribution in [3.8, 4) is 0 Å². The number of carbonyl (C=O) groups is 1. The van der Waals surface area contributed by atoms with Gasteiger partial charge in [-0.1, -0.05) is 44.2 Å². The Balaban J connectivity index is 1.39. The van der Waals surface area contributed by atoms with Crippen molar-refractivity contribution in [2.24, 2.45) is 5.92 Å². The number of benzene rings is 1. The van der Waals surface area contributed by atoms with Crippen LogP contribution in [0.15, 0.2) is 42.7 Å². The van der Waals surface area contributed by atoms with Crippen LogP contribution in [0.25, 0.3) is 0 Å². The normalized spacial score (nSPS) is 16.1. The van der Waals surface area contributed by atoms with Crippen LogP contribution in [0.1, 0.15) is 44.0 Å². The molecule has 2 aromatic rings. The summed E-state index contributed by atoms with van der Waals surface area (Å²) in [4.78, 5) is 18.7. The monoisotopic (exact) mass is 355 g/mol. The summed E-state index contributed by atoms with van der Waals surface area (Å²) in [7, 11) is 0. The van der Waals surface area contributed by atoms with Gasteiger partial charge in [0.15, 0.2) is 0 Å². The van der Waals surface area contributed by atoms with Gasteiger partial charge in [0.25, 0.3) is 0 Å². The first kappa shape index (κ1) is 18.6. The summed E-state index contributed by atoms with van der Waals surface area (Å²) in [6, 6.07) is 9.82. The zero-order valence-corrected chi connectivity index (χ0v) is 15.8. The van der Waals surface area contributed by atoms with Crippen LogP contribution in [-0.4, -0.2) is 40.1 Å². The van der Waals surface area contributed by atoms with Crippen LogP contribution in [0.4, 0.5) is 0 Å². The Labute approximate surface area is 156 Å². The predicted molar refractivity (Wildman–Crippen MR) is 102 cm³/mol. The molecule has 1 aromatic carbocycles. The smallest absolute Gasteiger partial charge is 0.320 e. The maximum absolute atomic E-state index is 12.1. The summed E-state index contributed by atoms with van der Waals surface area (Å²) < 4.78 is 7.68. The number of hydrogen-bond donors (Lipinski definition) is 0. The Bertz CT molecular complexity index is 688. The molecule has 0 unspecified atom stereocenters.